The number of aromatic nitrogens is 1. The molecule has 1 amide bonds. The first kappa shape index (κ1) is 23.3. The Hall–Kier alpha value is -3.39. The zero-order valence-corrected chi connectivity index (χ0v) is 19.5. The average molecular weight is 455 g/mol. The van der Waals surface area contributed by atoms with Gasteiger partial charge < -0.3 is 19.5 Å². The minimum absolute atomic E-state index is 0.145. The number of amides is 1. The van der Waals surface area contributed by atoms with E-state index in [0.29, 0.717) is 16.5 Å². The van der Waals surface area contributed by atoms with E-state index in [0.717, 1.165) is 22.4 Å². The Morgan fingerprint density at radius 2 is 1.84 bits per heavy atom. The van der Waals surface area contributed by atoms with Gasteiger partial charge in [0.15, 0.2) is 23.8 Å². The molecule has 8 heteroatoms. The van der Waals surface area contributed by atoms with Crippen LogP contribution >= 0.6 is 11.3 Å². The van der Waals surface area contributed by atoms with Crippen LogP contribution in [0.3, 0.4) is 0 Å². The van der Waals surface area contributed by atoms with Gasteiger partial charge in [-0.25, -0.2) is 9.78 Å². The number of esters is 1. The minimum atomic E-state index is -0.656. The van der Waals surface area contributed by atoms with E-state index in [2.05, 4.69) is 24.1 Å². The number of nitrogens with one attached hydrogen (secondary N) is 1. The van der Waals surface area contributed by atoms with Gasteiger partial charge in [-0.2, -0.15) is 0 Å². The largest absolute Gasteiger partial charge is 0.493 e. The zero-order valence-electron chi connectivity index (χ0n) is 18.7. The topological polar surface area (TPSA) is 86.8 Å². The maximum absolute atomic E-state index is 12.4. The number of methoxy groups -OCH3 is 2. The van der Waals surface area contributed by atoms with Crippen molar-refractivity contribution in [2.45, 2.75) is 26.7 Å². The van der Waals surface area contributed by atoms with Gasteiger partial charge in [0, 0.05) is 16.6 Å². The second kappa shape index (κ2) is 10.3. The molecule has 168 valence electrons. The lowest BCUT2D eigenvalue weighted by Crippen LogP contribution is -2.22. The highest BCUT2D eigenvalue weighted by molar-refractivity contribution is 7.13. The fraction of sp³-hybridized carbons (Fsp3) is 0.292. The van der Waals surface area contributed by atoms with Crippen LogP contribution < -0.4 is 14.8 Å². The van der Waals surface area contributed by atoms with Crippen LogP contribution in [0, 0.1) is 6.92 Å². The van der Waals surface area contributed by atoms with Crippen molar-refractivity contribution in [1.29, 1.82) is 0 Å². The lowest BCUT2D eigenvalue weighted by atomic mass is 9.98. The lowest BCUT2D eigenvalue weighted by Gasteiger charge is -2.16. The summed E-state index contributed by atoms with van der Waals surface area (Å²) in [4.78, 5) is 29.2. The molecule has 1 aromatic heterocycles. The molecule has 0 aliphatic heterocycles. The molecule has 0 saturated heterocycles. The normalized spacial score (nSPS) is 10.7. The molecule has 32 heavy (non-hydrogen) atoms. The van der Waals surface area contributed by atoms with Gasteiger partial charge in [-0.3, -0.25) is 4.79 Å². The summed E-state index contributed by atoms with van der Waals surface area (Å²) < 4.78 is 15.7. The summed E-state index contributed by atoms with van der Waals surface area (Å²) in [6.45, 7) is 5.65. The molecule has 7 nitrogen and oxygen atoms in total. The molecule has 0 aliphatic rings. The van der Waals surface area contributed by atoms with Gasteiger partial charge in [-0.05, 0) is 42.2 Å². The molecule has 0 unspecified atom stereocenters. The fourth-order valence-corrected chi connectivity index (χ4v) is 3.98. The molecule has 3 aromatic rings. The third-order valence-corrected chi connectivity index (χ3v) is 5.76. The molecule has 1 heterocycles. The predicted octanol–water partition coefficient (Wildman–Crippen LogP) is 5.05. The SMILES string of the molecule is COc1ccc(-c2nc(C(=O)OCC(=O)Nc3c(C)cccc3C(C)C)cs2)cc1OC. The van der Waals surface area contributed by atoms with E-state index in [-0.39, 0.29) is 11.6 Å². The first-order valence-corrected chi connectivity index (χ1v) is 11.0. The number of rotatable bonds is 8. The van der Waals surface area contributed by atoms with E-state index >= 15 is 0 Å². The summed E-state index contributed by atoms with van der Waals surface area (Å²) >= 11 is 1.30. The van der Waals surface area contributed by atoms with Crippen molar-refractivity contribution in [2.24, 2.45) is 0 Å². The maximum Gasteiger partial charge on any atom is 0.358 e. The van der Waals surface area contributed by atoms with E-state index in [1.165, 1.54) is 11.3 Å². The summed E-state index contributed by atoms with van der Waals surface area (Å²) in [5, 5.41) is 5.09. The second-order valence-electron chi connectivity index (χ2n) is 7.43. The van der Waals surface area contributed by atoms with Gasteiger partial charge in [0.25, 0.3) is 5.91 Å². The van der Waals surface area contributed by atoms with Crippen LogP contribution in [0.25, 0.3) is 10.6 Å². The van der Waals surface area contributed by atoms with Gasteiger partial charge in [-0.1, -0.05) is 32.0 Å². The van der Waals surface area contributed by atoms with E-state index in [4.69, 9.17) is 14.2 Å². The number of hydrogen-bond donors (Lipinski definition) is 1. The molecule has 0 radical (unpaired) electrons. The van der Waals surface area contributed by atoms with Gasteiger partial charge in [0.1, 0.15) is 5.01 Å². The second-order valence-corrected chi connectivity index (χ2v) is 8.28. The molecule has 1 N–H and O–H groups in total. The van der Waals surface area contributed by atoms with Crippen molar-refractivity contribution >= 4 is 28.9 Å². The molecule has 0 spiro atoms. The highest BCUT2D eigenvalue weighted by Crippen LogP contribution is 2.33. The number of para-hydroxylation sites is 1. The molecule has 0 fully saturated rings. The monoisotopic (exact) mass is 454 g/mol. The number of thiazole rings is 1. The maximum atomic E-state index is 12.4. The Kier molecular flexibility index (Phi) is 7.48. The number of carbonyl (C=O) groups is 2. The third-order valence-electron chi connectivity index (χ3n) is 4.87. The first-order valence-electron chi connectivity index (χ1n) is 10.1. The van der Waals surface area contributed by atoms with Crippen LogP contribution in [0.15, 0.2) is 41.8 Å². The number of aryl methyl sites for hydroxylation is 1. The molecular formula is C24H26N2O5S. The predicted molar refractivity (Wildman–Crippen MR) is 125 cm³/mol. The molecular weight excluding hydrogens is 428 g/mol. The molecule has 0 saturated carbocycles. The van der Waals surface area contributed by atoms with Gasteiger partial charge >= 0.3 is 5.97 Å². The van der Waals surface area contributed by atoms with Crippen LogP contribution in [0.1, 0.15) is 41.4 Å². The van der Waals surface area contributed by atoms with Crippen molar-refractivity contribution in [1.82, 2.24) is 4.98 Å². The van der Waals surface area contributed by atoms with Gasteiger partial charge in [-0.15, -0.1) is 11.3 Å². The molecule has 0 aliphatic carbocycles. The standard InChI is InChI=1S/C24H26N2O5S/c1-14(2)17-8-6-7-15(3)22(17)26-21(27)12-31-24(28)18-13-32-23(25-18)16-9-10-19(29-4)20(11-16)30-5/h6-11,13-14H,12H2,1-5H3,(H,26,27). The van der Waals surface area contributed by atoms with Crippen molar-refractivity contribution in [3.63, 3.8) is 0 Å². The van der Waals surface area contributed by atoms with Crippen LogP contribution in [-0.4, -0.2) is 37.7 Å². The zero-order chi connectivity index (χ0) is 23.3. The Morgan fingerprint density at radius 1 is 1.09 bits per heavy atom. The average Bonchev–Trinajstić information content (AvgIpc) is 3.28. The number of nitrogens with zero attached hydrogens (tertiary/aromatic N) is 1. The first-order chi connectivity index (χ1) is 15.3. The van der Waals surface area contributed by atoms with Crippen LogP contribution in [0.4, 0.5) is 5.69 Å². The lowest BCUT2D eigenvalue weighted by molar-refractivity contribution is -0.119. The van der Waals surface area contributed by atoms with Crippen molar-refractivity contribution < 1.29 is 23.8 Å². The number of carbonyl (C=O) groups excluding carboxylic acids is 2. The van der Waals surface area contributed by atoms with Crippen LogP contribution in [0.2, 0.25) is 0 Å². The number of anilines is 1. The number of benzene rings is 2. The molecule has 0 atom stereocenters. The highest BCUT2D eigenvalue weighted by Gasteiger charge is 2.17. The number of hydrogen-bond acceptors (Lipinski definition) is 7. The summed E-state index contributed by atoms with van der Waals surface area (Å²) in [7, 11) is 3.12. The van der Waals surface area contributed by atoms with Crippen LogP contribution in [0.5, 0.6) is 11.5 Å². The summed E-state index contributed by atoms with van der Waals surface area (Å²) in [6, 6.07) is 11.3. The quantitative estimate of drug-likeness (QED) is 0.479. The Bertz CT molecular complexity index is 1120. The Labute approximate surface area is 191 Å². The van der Waals surface area contributed by atoms with E-state index in [9.17, 15) is 9.59 Å². The smallest absolute Gasteiger partial charge is 0.358 e. The van der Waals surface area contributed by atoms with E-state index in [1.54, 1.807) is 31.7 Å². The molecule has 2 aromatic carbocycles. The summed E-state index contributed by atoms with van der Waals surface area (Å²) in [5.41, 5.74) is 3.67. The van der Waals surface area contributed by atoms with Crippen molar-refractivity contribution in [2.75, 3.05) is 26.1 Å². The van der Waals surface area contributed by atoms with Gasteiger partial charge in [0.05, 0.1) is 14.2 Å². The van der Waals surface area contributed by atoms with E-state index in [1.807, 2.05) is 31.2 Å². The fourth-order valence-electron chi connectivity index (χ4n) is 3.19. The third kappa shape index (κ3) is 5.26. The molecule has 3 rings (SSSR count). The van der Waals surface area contributed by atoms with Gasteiger partial charge in [0.2, 0.25) is 0 Å². The van der Waals surface area contributed by atoms with Crippen molar-refractivity contribution in [3.05, 3.63) is 58.6 Å². The minimum Gasteiger partial charge on any atom is -0.493 e. The highest BCUT2D eigenvalue weighted by atomic mass is 32.1. The molecule has 0 bridgehead atoms. The Balaban J connectivity index is 1.65. The van der Waals surface area contributed by atoms with Crippen LogP contribution in [-0.2, 0) is 9.53 Å². The van der Waals surface area contributed by atoms with Crippen molar-refractivity contribution in [3.8, 4) is 22.1 Å². The Morgan fingerprint density at radius 3 is 2.53 bits per heavy atom. The summed E-state index contributed by atoms with van der Waals surface area (Å²) in [5.74, 6) is 0.366. The van der Waals surface area contributed by atoms with E-state index < -0.39 is 18.5 Å². The summed E-state index contributed by atoms with van der Waals surface area (Å²) in [6.07, 6.45) is 0. The number of ether oxygens (including phenoxy) is 3.